The summed E-state index contributed by atoms with van der Waals surface area (Å²) in [5, 5.41) is 9.44. The number of amides is 1. The quantitative estimate of drug-likeness (QED) is 0.0483. The summed E-state index contributed by atoms with van der Waals surface area (Å²) in [4.78, 5) is 43.1. The molecule has 58 heavy (non-hydrogen) atoms. The highest BCUT2D eigenvalue weighted by Gasteiger charge is 2.24. The maximum absolute atomic E-state index is 13.4. The van der Waals surface area contributed by atoms with Gasteiger partial charge >= 0.3 is 11.9 Å². The van der Waals surface area contributed by atoms with Crippen LogP contribution in [0.2, 0.25) is 0 Å². The zero-order valence-corrected chi connectivity index (χ0v) is 39.5. The van der Waals surface area contributed by atoms with Crippen LogP contribution in [0.15, 0.2) is 0 Å². The van der Waals surface area contributed by atoms with Crippen molar-refractivity contribution >= 4 is 17.8 Å². The van der Waals surface area contributed by atoms with Crippen LogP contribution < -0.4 is 0 Å². The normalized spacial score (nSPS) is 13.1. The summed E-state index contributed by atoms with van der Waals surface area (Å²) < 4.78 is 11.4. The number of rotatable bonds is 44. The van der Waals surface area contributed by atoms with E-state index in [4.69, 9.17) is 9.47 Å². The molecule has 1 N–H and O–H groups in total. The van der Waals surface area contributed by atoms with Crippen molar-refractivity contribution in [3.8, 4) is 0 Å². The number of esters is 2. The molecule has 1 amide bonds. The number of hydrogen-bond acceptors (Lipinski definition) is 7. The summed E-state index contributed by atoms with van der Waals surface area (Å²) >= 11 is 0. The summed E-state index contributed by atoms with van der Waals surface area (Å²) in [5.41, 5.74) is 0. The third-order valence-corrected chi connectivity index (χ3v) is 12.2. The smallest absolute Gasteiger partial charge is 0.325 e. The van der Waals surface area contributed by atoms with Crippen molar-refractivity contribution in [1.29, 1.82) is 0 Å². The molecule has 344 valence electrons. The molecule has 3 unspecified atom stereocenters. The van der Waals surface area contributed by atoms with Crippen LogP contribution in [0, 0.1) is 11.8 Å². The molecule has 8 nitrogen and oxygen atoms in total. The number of aliphatic hydroxyl groups excluding tert-OH is 1. The zero-order valence-electron chi connectivity index (χ0n) is 39.5. The van der Waals surface area contributed by atoms with Crippen LogP contribution in [0.1, 0.15) is 240 Å². The molecule has 0 spiro atoms. The largest absolute Gasteiger partial charge is 0.465 e. The Morgan fingerprint density at radius 3 is 1.31 bits per heavy atom. The van der Waals surface area contributed by atoms with E-state index in [1.54, 1.807) is 11.9 Å². The van der Waals surface area contributed by atoms with E-state index in [9.17, 15) is 19.5 Å². The molecule has 0 saturated carbocycles. The number of hydrogen-bond donors (Lipinski definition) is 1. The molecule has 0 heterocycles. The molecule has 0 bridgehead atoms. The van der Waals surface area contributed by atoms with E-state index in [-0.39, 0.29) is 42.8 Å². The predicted octanol–water partition coefficient (Wildman–Crippen LogP) is 13.0. The van der Waals surface area contributed by atoms with Crippen molar-refractivity contribution in [2.24, 2.45) is 11.8 Å². The van der Waals surface area contributed by atoms with E-state index in [2.05, 4.69) is 39.6 Å². The summed E-state index contributed by atoms with van der Waals surface area (Å²) in [6.45, 7) is 10.9. The van der Waals surface area contributed by atoms with Crippen molar-refractivity contribution in [2.75, 3.05) is 47.0 Å². The van der Waals surface area contributed by atoms with E-state index < -0.39 is 0 Å². The van der Waals surface area contributed by atoms with Gasteiger partial charge in [0.25, 0.3) is 0 Å². The zero-order chi connectivity index (χ0) is 42.9. The first-order valence-electron chi connectivity index (χ1n) is 25.1. The summed E-state index contributed by atoms with van der Waals surface area (Å²) in [6.07, 6.45) is 36.8. The van der Waals surface area contributed by atoms with Crippen molar-refractivity contribution in [3.05, 3.63) is 0 Å². The molecule has 0 saturated heterocycles. The fourth-order valence-corrected chi connectivity index (χ4v) is 8.26. The van der Waals surface area contributed by atoms with Gasteiger partial charge in [-0.15, -0.1) is 0 Å². The highest BCUT2D eigenvalue weighted by atomic mass is 16.5. The van der Waals surface area contributed by atoms with Gasteiger partial charge in [0.05, 0.1) is 19.1 Å². The summed E-state index contributed by atoms with van der Waals surface area (Å²) in [5.74, 6) is -0.126. The molecule has 0 radical (unpaired) electrons. The Labute approximate surface area is 360 Å². The lowest BCUT2D eigenvalue weighted by molar-refractivity contribution is -0.150. The van der Waals surface area contributed by atoms with E-state index in [0.717, 1.165) is 116 Å². The molecule has 0 aliphatic heterocycles. The SMILES string of the molecule is CCCCCCCCC(CCCCCC)C(=O)OCCCCCC(CCCCCOC(=O)CN(C)C(=O)C(CCCCCC)CCCCCCCC)N(C)CCCO. The molecular weight excluding hydrogens is 725 g/mol. The second-order valence-electron chi connectivity index (χ2n) is 17.7. The Morgan fingerprint density at radius 2 is 0.845 bits per heavy atom. The van der Waals surface area contributed by atoms with Crippen LogP contribution in [0.3, 0.4) is 0 Å². The second-order valence-corrected chi connectivity index (χ2v) is 17.7. The van der Waals surface area contributed by atoms with Crippen LogP contribution in [0.4, 0.5) is 0 Å². The van der Waals surface area contributed by atoms with Crippen LogP contribution in [-0.2, 0) is 23.9 Å². The van der Waals surface area contributed by atoms with Crippen molar-refractivity contribution in [1.82, 2.24) is 9.80 Å². The van der Waals surface area contributed by atoms with Crippen LogP contribution in [0.5, 0.6) is 0 Å². The predicted molar refractivity (Wildman–Crippen MR) is 245 cm³/mol. The minimum Gasteiger partial charge on any atom is -0.465 e. The maximum atomic E-state index is 13.4. The molecule has 0 aromatic rings. The number of carbonyl (C=O) groups is 3. The van der Waals surface area contributed by atoms with Gasteiger partial charge in [-0.1, -0.05) is 182 Å². The lowest BCUT2D eigenvalue weighted by Gasteiger charge is -2.28. The molecular formula is C50H98N2O6. The molecule has 0 fully saturated rings. The molecule has 8 heteroatoms. The lowest BCUT2D eigenvalue weighted by Crippen LogP contribution is -2.37. The monoisotopic (exact) mass is 823 g/mol. The Bertz CT molecular complexity index is 932. The van der Waals surface area contributed by atoms with E-state index in [1.807, 2.05) is 0 Å². The van der Waals surface area contributed by atoms with Gasteiger partial charge < -0.3 is 24.4 Å². The van der Waals surface area contributed by atoms with E-state index in [1.165, 1.54) is 103 Å². The van der Waals surface area contributed by atoms with E-state index in [0.29, 0.717) is 19.3 Å². The Balaban J connectivity index is 4.63. The number of aliphatic hydroxyl groups is 1. The average molecular weight is 823 g/mol. The van der Waals surface area contributed by atoms with Crippen LogP contribution >= 0.6 is 0 Å². The van der Waals surface area contributed by atoms with Gasteiger partial charge in [0, 0.05) is 32.2 Å². The van der Waals surface area contributed by atoms with Crippen molar-refractivity contribution in [3.63, 3.8) is 0 Å². The van der Waals surface area contributed by atoms with Crippen molar-refractivity contribution in [2.45, 2.75) is 246 Å². The van der Waals surface area contributed by atoms with Gasteiger partial charge in [0.1, 0.15) is 6.54 Å². The Kier molecular flexibility index (Phi) is 40.8. The standard InChI is InChI=1S/C50H98N2O6/c1-7-11-15-19-21-27-35-45(34-25-17-13-9-3)49(55)52(6)44-48(54)57-42-31-23-29-38-47(51(5)40-33-41-53)39-30-24-32-43-58-50(56)46(36-26-18-14-10-4)37-28-22-20-16-12-8-2/h45-47,53H,7-44H2,1-6H3. The highest BCUT2D eigenvalue weighted by molar-refractivity contribution is 5.83. The molecule has 0 aliphatic carbocycles. The highest BCUT2D eigenvalue weighted by Crippen LogP contribution is 2.23. The lowest BCUT2D eigenvalue weighted by atomic mass is 9.93. The van der Waals surface area contributed by atoms with Gasteiger partial charge in [0.15, 0.2) is 0 Å². The molecule has 0 rings (SSSR count). The third kappa shape index (κ3) is 33.1. The first kappa shape index (κ1) is 56.3. The van der Waals surface area contributed by atoms with Crippen molar-refractivity contribution < 1.29 is 29.0 Å². The van der Waals surface area contributed by atoms with Crippen LogP contribution in [-0.4, -0.2) is 85.8 Å². The van der Waals surface area contributed by atoms with Gasteiger partial charge in [-0.2, -0.15) is 0 Å². The molecule has 3 atom stereocenters. The Morgan fingerprint density at radius 1 is 0.466 bits per heavy atom. The number of ether oxygens (including phenoxy) is 2. The fourth-order valence-electron chi connectivity index (χ4n) is 8.26. The number of unbranched alkanes of at least 4 members (excludes halogenated alkanes) is 20. The number of carbonyl (C=O) groups excluding carboxylic acids is 3. The van der Waals surface area contributed by atoms with Crippen LogP contribution in [0.25, 0.3) is 0 Å². The van der Waals surface area contributed by atoms with Gasteiger partial charge in [-0.25, -0.2) is 0 Å². The minimum absolute atomic E-state index is 0.00373. The van der Waals surface area contributed by atoms with E-state index >= 15 is 0 Å². The van der Waals surface area contributed by atoms with Gasteiger partial charge in [0.2, 0.25) is 5.91 Å². The first-order valence-corrected chi connectivity index (χ1v) is 25.1. The first-order chi connectivity index (χ1) is 28.2. The maximum Gasteiger partial charge on any atom is 0.325 e. The minimum atomic E-state index is -0.312. The second kappa shape index (κ2) is 42.0. The average Bonchev–Trinajstić information content (AvgIpc) is 3.22. The summed E-state index contributed by atoms with van der Waals surface area (Å²) in [6, 6.07) is 0.437. The topological polar surface area (TPSA) is 96.4 Å². The number of nitrogens with zero attached hydrogens (tertiary/aromatic N) is 2. The number of likely N-dealkylation sites (N-methyl/N-ethyl adjacent to an activating group) is 1. The van der Waals surface area contributed by atoms with Gasteiger partial charge in [-0.05, 0) is 64.8 Å². The van der Waals surface area contributed by atoms with Gasteiger partial charge in [-0.3, -0.25) is 14.4 Å². The molecule has 0 aliphatic rings. The molecule has 0 aromatic heterocycles. The third-order valence-electron chi connectivity index (χ3n) is 12.2. The summed E-state index contributed by atoms with van der Waals surface area (Å²) in [7, 11) is 3.92. The fraction of sp³-hybridized carbons (Fsp3) is 0.940. The molecule has 0 aromatic carbocycles. The Hall–Kier alpha value is -1.67.